The number of aliphatic hydroxyl groups excluding tert-OH is 1. The molecule has 1 aromatic carbocycles. The standard InChI is InChI=1S/C16H26N2O/c1-2-17-15-7-9-16(10-8-15)18-11-13-5-3-4-6-14(13)12-19/h7-10,13-14,17-19H,2-6,11-12H2,1H3. The summed E-state index contributed by atoms with van der Waals surface area (Å²) in [5.41, 5.74) is 2.34. The van der Waals surface area contributed by atoms with Crippen molar-refractivity contribution in [1.82, 2.24) is 0 Å². The van der Waals surface area contributed by atoms with Crippen molar-refractivity contribution in [2.75, 3.05) is 30.3 Å². The minimum atomic E-state index is 0.339. The summed E-state index contributed by atoms with van der Waals surface area (Å²) < 4.78 is 0. The second-order valence-corrected chi connectivity index (χ2v) is 5.48. The zero-order chi connectivity index (χ0) is 13.5. The average Bonchev–Trinajstić information content (AvgIpc) is 2.47. The van der Waals surface area contributed by atoms with Gasteiger partial charge in [0, 0.05) is 31.1 Å². The smallest absolute Gasteiger partial charge is 0.0462 e. The Bertz CT molecular complexity index is 364. The van der Waals surface area contributed by atoms with Crippen LogP contribution in [-0.2, 0) is 0 Å². The van der Waals surface area contributed by atoms with E-state index in [0.29, 0.717) is 18.4 Å². The summed E-state index contributed by atoms with van der Waals surface area (Å²) in [6, 6.07) is 8.45. The van der Waals surface area contributed by atoms with Crippen LogP contribution in [0.25, 0.3) is 0 Å². The normalized spacial score (nSPS) is 23.1. The molecule has 3 N–H and O–H groups in total. The number of hydrogen-bond acceptors (Lipinski definition) is 3. The van der Waals surface area contributed by atoms with E-state index in [1.54, 1.807) is 0 Å². The highest BCUT2D eigenvalue weighted by atomic mass is 16.3. The lowest BCUT2D eigenvalue weighted by atomic mass is 9.79. The monoisotopic (exact) mass is 262 g/mol. The predicted octanol–water partition coefficient (Wildman–Crippen LogP) is 3.33. The predicted molar refractivity (Wildman–Crippen MR) is 81.6 cm³/mol. The van der Waals surface area contributed by atoms with E-state index in [-0.39, 0.29) is 0 Å². The lowest BCUT2D eigenvalue weighted by Gasteiger charge is -2.30. The van der Waals surface area contributed by atoms with Gasteiger partial charge >= 0.3 is 0 Å². The van der Waals surface area contributed by atoms with Crippen LogP contribution >= 0.6 is 0 Å². The average molecular weight is 262 g/mol. The van der Waals surface area contributed by atoms with Crippen LogP contribution in [0.15, 0.2) is 24.3 Å². The number of nitrogens with one attached hydrogen (secondary N) is 2. The van der Waals surface area contributed by atoms with Gasteiger partial charge < -0.3 is 15.7 Å². The maximum absolute atomic E-state index is 9.42. The van der Waals surface area contributed by atoms with Crippen LogP contribution in [0.3, 0.4) is 0 Å². The minimum Gasteiger partial charge on any atom is -0.396 e. The summed E-state index contributed by atoms with van der Waals surface area (Å²) in [6.07, 6.45) is 5.01. The Morgan fingerprint density at radius 1 is 1.00 bits per heavy atom. The van der Waals surface area contributed by atoms with E-state index in [4.69, 9.17) is 0 Å². The van der Waals surface area contributed by atoms with Crippen LogP contribution in [0, 0.1) is 11.8 Å². The van der Waals surface area contributed by atoms with E-state index in [1.165, 1.54) is 37.1 Å². The summed E-state index contributed by atoms with van der Waals surface area (Å²) in [6.45, 7) is 4.37. The molecule has 0 saturated heterocycles. The van der Waals surface area contributed by atoms with E-state index in [9.17, 15) is 5.11 Å². The van der Waals surface area contributed by atoms with Crippen molar-refractivity contribution in [3.05, 3.63) is 24.3 Å². The molecular weight excluding hydrogens is 236 g/mol. The molecule has 2 rings (SSSR count). The number of anilines is 2. The van der Waals surface area contributed by atoms with Crippen molar-refractivity contribution in [3.63, 3.8) is 0 Å². The maximum Gasteiger partial charge on any atom is 0.0462 e. The Kier molecular flexibility index (Phi) is 5.52. The molecule has 1 aromatic rings. The lowest BCUT2D eigenvalue weighted by molar-refractivity contribution is 0.141. The molecule has 0 radical (unpaired) electrons. The molecule has 0 aliphatic heterocycles. The molecular formula is C16H26N2O. The third-order valence-corrected chi connectivity index (χ3v) is 4.14. The number of hydrogen-bond donors (Lipinski definition) is 3. The van der Waals surface area contributed by atoms with Gasteiger partial charge in [-0.05, 0) is 55.9 Å². The van der Waals surface area contributed by atoms with Crippen molar-refractivity contribution in [2.45, 2.75) is 32.6 Å². The Hall–Kier alpha value is -1.22. The summed E-state index contributed by atoms with van der Waals surface area (Å²) >= 11 is 0. The molecule has 106 valence electrons. The number of benzene rings is 1. The molecule has 2 unspecified atom stereocenters. The molecule has 0 amide bonds. The lowest BCUT2D eigenvalue weighted by Crippen LogP contribution is -2.28. The van der Waals surface area contributed by atoms with Crippen molar-refractivity contribution >= 4 is 11.4 Å². The van der Waals surface area contributed by atoms with Gasteiger partial charge in [-0.1, -0.05) is 12.8 Å². The first-order valence-electron chi connectivity index (χ1n) is 7.52. The van der Waals surface area contributed by atoms with Gasteiger partial charge in [-0.15, -0.1) is 0 Å². The summed E-state index contributed by atoms with van der Waals surface area (Å²) in [7, 11) is 0. The molecule has 0 bridgehead atoms. The largest absolute Gasteiger partial charge is 0.396 e. The maximum atomic E-state index is 9.42. The molecule has 19 heavy (non-hydrogen) atoms. The highest BCUT2D eigenvalue weighted by molar-refractivity contribution is 5.53. The topological polar surface area (TPSA) is 44.3 Å². The first-order valence-corrected chi connectivity index (χ1v) is 7.52. The SMILES string of the molecule is CCNc1ccc(NCC2CCCCC2CO)cc1. The highest BCUT2D eigenvalue weighted by Crippen LogP contribution is 2.29. The minimum absolute atomic E-state index is 0.339. The van der Waals surface area contributed by atoms with E-state index < -0.39 is 0 Å². The summed E-state index contributed by atoms with van der Waals surface area (Å²) in [5.74, 6) is 1.11. The molecule has 2 atom stereocenters. The van der Waals surface area contributed by atoms with Gasteiger partial charge in [-0.3, -0.25) is 0 Å². The fourth-order valence-electron chi connectivity index (χ4n) is 2.95. The van der Waals surface area contributed by atoms with Crippen molar-refractivity contribution < 1.29 is 5.11 Å². The molecule has 0 spiro atoms. The molecule has 1 fully saturated rings. The van der Waals surface area contributed by atoms with Gasteiger partial charge in [-0.25, -0.2) is 0 Å². The molecule has 1 aliphatic rings. The highest BCUT2D eigenvalue weighted by Gasteiger charge is 2.23. The van der Waals surface area contributed by atoms with Crippen LogP contribution < -0.4 is 10.6 Å². The Labute approximate surface area is 116 Å². The Morgan fingerprint density at radius 3 is 2.16 bits per heavy atom. The molecule has 1 aliphatic carbocycles. The summed E-state index contributed by atoms with van der Waals surface area (Å²) in [4.78, 5) is 0. The van der Waals surface area contributed by atoms with Gasteiger partial charge in [0.05, 0.1) is 0 Å². The molecule has 3 nitrogen and oxygen atoms in total. The van der Waals surface area contributed by atoms with E-state index in [0.717, 1.165) is 13.1 Å². The van der Waals surface area contributed by atoms with E-state index >= 15 is 0 Å². The third kappa shape index (κ3) is 4.13. The van der Waals surface area contributed by atoms with E-state index in [2.05, 4.69) is 41.8 Å². The Morgan fingerprint density at radius 2 is 1.58 bits per heavy atom. The first-order chi connectivity index (χ1) is 9.33. The fraction of sp³-hybridized carbons (Fsp3) is 0.625. The van der Waals surface area contributed by atoms with Crippen LogP contribution in [-0.4, -0.2) is 24.8 Å². The van der Waals surface area contributed by atoms with Crippen molar-refractivity contribution in [1.29, 1.82) is 0 Å². The number of rotatable bonds is 6. The third-order valence-electron chi connectivity index (χ3n) is 4.14. The van der Waals surface area contributed by atoms with Crippen LogP contribution in [0.5, 0.6) is 0 Å². The van der Waals surface area contributed by atoms with Crippen LogP contribution in [0.1, 0.15) is 32.6 Å². The van der Waals surface area contributed by atoms with Crippen molar-refractivity contribution in [2.24, 2.45) is 11.8 Å². The second-order valence-electron chi connectivity index (χ2n) is 5.48. The van der Waals surface area contributed by atoms with Crippen LogP contribution in [0.4, 0.5) is 11.4 Å². The summed E-state index contributed by atoms with van der Waals surface area (Å²) in [5, 5.41) is 16.2. The molecule has 1 saturated carbocycles. The van der Waals surface area contributed by atoms with E-state index in [1.807, 2.05) is 0 Å². The van der Waals surface area contributed by atoms with Gasteiger partial charge in [0.15, 0.2) is 0 Å². The van der Waals surface area contributed by atoms with Gasteiger partial charge in [0.1, 0.15) is 0 Å². The van der Waals surface area contributed by atoms with Crippen LogP contribution in [0.2, 0.25) is 0 Å². The first kappa shape index (κ1) is 14.2. The second kappa shape index (κ2) is 7.39. The zero-order valence-electron chi connectivity index (χ0n) is 11.9. The molecule has 0 heterocycles. The molecule has 3 heteroatoms. The number of aliphatic hydroxyl groups is 1. The Balaban J connectivity index is 1.83. The quantitative estimate of drug-likeness (QED) is 0.737. The van der Waals surface area contributed by atoms with Gasteiger partial charge in [-0.2, -0.15) is 0 Å². The molecule has 0 aromatic heterocycles. The van der Waals surface area contributed by atoms with Gasteiger partial charge in [0.2, 0.25) is 0 Å². The zero-order valence-corrected chi connectivity index (χ0v) is 11.9. The van der Waals surface area contributed by atoms with Crippen molar-refractivity contribution in [3.8, 4) is 0 Å². The fourth-order valence-corrected chi connectivity index (χ4v) is 2.95. The van der Waals surface area contributed by atoms with Gasteiger partial charge in [0.25, 0.3) is 0 Å².